The van der Waals surface area contributed by atoms with E-state index in [0.717, 1.165) is 19.5 Å². The van der Waals surface area contributed by atoms with E-state index in [0.29, 0.717) is 23.8 Å². The predicted octanol–water partition coefficient (Wildman–Crippen LogP) is 1.09. The van der Waals surface area contributed by atoms with Gasteiger partial charge in [0.15, 0.2) is 6.61 Å². The van der Waals surface area contributed by atoms with E-state index in [4.69, 9.17) is 10.5 Å². The summed E-state index contributed by atoms with van der Waals surface area (Å²) in [6, 6.07) is 6.84. The second-order valence-corrected chi connectivity index (χ2v) is 5.51. The molecule has 128 valence electrons. The summed E-state index contributed by atoms with van der Waals surface area (Å²) in [5.74, 6) is 0.234. The van der Waals surface area contributed by atoms with E-state index >= 15 is 0 Å². The van der Waals surface area contributed by atoms with Crippen LogP contribution in [0, 0.1) is 5.92 Å². The molecule has 0 spiro atoms. The first-order valence-electron chi connectivity index (χ1n) is 7.66. The van der Waals surface area contributed by atoms with Crippen LogP contribution in [0.2, 0.25) is 0 Å². The lowest BCUT2D eigenvalue weighted by Gasteiger charge is -2.22. The molecule has 1 aromatic carbocycles. The molecule has 4 N–H and O–H groups in total. The van der Waals surface area contributed by atoms with Gasteiger partial charge in [-0.1, -0.05) is 12.1 Å². The van der Waals surface area contributed by atoms with Crippen molar-refractivity contribution < 1.29 is 14.3 Å². The molecule has 2 rings (SSSR count). The van der Waals surface area contributed by atoms with Crippen LogP contribution in [0.3, 0.4) is 0 Å². The SMILES string of the molecule is Cl.NC(=O)COc1ccccc1C(=O)NCCC1CCCNC1. The van der Waals surface area contributed by atoms with E-state index in [1.807, 2.05) is 0 Å². The smallest absolute Gasteiger partial charge is 0.255 e. The van der Waals surface area contributed by atoms with Crippen LogP contribution in [-0.2, 0) is 4.79 Å². The number of ether oxygens (including phenoxy) is 1. The highest BCUT2D eigenvalue weighted by Crippen LogP contribution is 2.18. The molecule has 0 radical (unpaired) electrons. The molecule has 0 bridgehead atoms. The predicted molar refractivity (Wildman–Crippen MR) is 90.9 cm³/mol. The Bertz CT molecular complexity index is 519. The van der Waals surface area contributed by atoms with Gasteiger partial charge in [-0.15, -0.1) is 12.4 Å². The van der Waals surface area contributed by atoms with E-state index in [9.17, 15) is 9.59 Å². The zero-order valence-electron chi connectivity index (χ0n) is 13.0. The molecule has 23 heavy (non-hydrogen) atoms. The van der Waals surface area contributed by atoms with Crippen LogP contribution in [0.4, 0.5) is 0 Å². The molecule has 2 amide bonds. The molecule has 1 aliphatic rings. The van der Waals surface area contributed by atoms with E-state index in [1.165, 1.54) is 12.8 Å². The van der Waals surface area contributed by atoms with Crippen LogP contribution in [-0.4, -0.2) is 38.1 Å². The normalized spacial score (nSPS) is 17.0. The standard InChI is InChI=1S/C16H23N3O3.ClH/c17-15(20)11-22-14-6-2-1-5-13(14)16(21)19-9-7-12-4-3-8-18-10-12;/h1-2,5-6,12,18H,3-4,7-11H2,(H2,17,20)(H,19,21);1H. The van der Waals surface area contributed by atoms with Crippen molar-refractivity contribution in [1.82, 2.24) is 10.6 Å². The third-order valence-electron chi connectivity index (χ3n) is 3.74. The van der Waals surface area contributed by atoms with Gasteiger partial charge in [-0.25, -0.2) is 0 Å². The van der Waals surface area contributed by atoms with Crippen LogP contribution in [0.5, 0.6) is 5.75 Å². The van der Waals surface area contributed by atoms with Gasteiger partial charge in [0.1, 0.15) is 5.75 Å². The number of hydrogen-bond donors (Lipinski definition) is 3. The summed E-state index contributed by atoms with van der Waals surface area (Å²) in [6.45, 7) is 2.51. The van der Waals surface area contributed by atoms with Crippen LogP contribution in [0.1, 0.15) is 29.6 Å². The molecular weight excluding hydrogens is 318 g/mol. The summed E-state index contributed by atoms with van der Waals surface area (Å²) in [5, 5.41) is 6.28. The number of nitrogens with two attached hydrogens (primary N) is 1. The second kappa shape index (κ2) is 10.1. The number of benzene rings is 1. The average molecular weight is 342 g/mol. The first-order chi connectivity index (χ1) is 10.7. The highest BCUT2D eigenvalue weighted by atomic mass is 35.5. The first-order valence-corrected chi connectivity index (χ1v) is 7.66. The summed E-state index contributed by atoms with van der Waals surface area (Å²) < 4.78 is 5.27. The molecule has 0 aromatic heterocycles. The van der Waals surface area contributed by atoms with Gasteiger partial charge < -0.3 is 21.1 Å². The highest BCUT2D eigenvalue weighted by Gasteiger charge is 2.15. The fraction of sp³-hybridized carbons (Fsp3) is 0.500. The van der Waals surface area contributed by atoms with Crippen molar-refractivity contribution >= 4 is 24.2 Å². The minimum absolute atomic E-state index is 0. The molecule has 0 saturated carbocycles. The number of rotatable bonds is 7. The lowest BCUT2D eigenvalue weighted by Crippen LogP contribution is -2.33. The van der Waals surface area contributed by atoms with Crippen LogP contribution in [0.25, 0.3) is 0 Å². The monoisotopic (exact) mass is 341 g/mol. The van der Waals surface area contributed by atoms with Crippen molar-refractivity contribution in [3.8, 4) is 5.75 Å². The number of amides is 2. The molecule has 1 heterocycles. The van der Waals surface area contributed by atoms with Gasteiger partial charge in [-0.3, -0.25) is 9.59 Å². The number of halogens is 1. The Morgan fingerprint density at radius 2 is 2.13 bits per heavy atom. The molecule has 1 aliphatic heterocycles. The number of piperidine rings is 1. The average Bonchev–Trinajstić information content (AvgIpc) is 2.54. The van der Waals surface area contributed by atoms with Crippen LogP contribution >= 0.6 is 12.4 Å². The Kier molecular flexibility index (Phi) is 8.43. The number of hydrogen-bond acceptors (Lipinski definition) is 4. The van der Waals surface area contributed by atoms with Crippen molar-refractivity contribution in [3.63, 3.8) is 0 Å². The zero-order valence-corrected chi connectivity index (χ0v) is 13.9. The fourth-order valence-corrected chi connectivity index (χ4v) is 2.58. The summed E-state index contributed by atoms with van der Waals surface area (Å²) in [4.78, 5) is 23.0. The molecule has 1 unspecified atom stereocenters. The van der Waals surface area contributed by atoms with Crippen molar-refractivity contribution in [1.29, 1.82) is 0 Å². The van der Waals surface area contributed by atoms with Gasteiger partial charge in [0.25, 0.3) is 11.8 Å². The maximum absolute atomic E-state index is 12.2. The number of carbonyl (C=O) groups excluding carboxylic acids is 2. The fourth-order valence-electron chi connectivity index (χ4n) is 2.58. The largest absolute Gasteiger partial charge is 0.483 e. The van der Waals surface area contributed by atoms with E-state index in [-0.39, 0.29) is 24.9 Å². The Balaban J connectivity index is 0.00000264. The Labute approximate surface area is 142 Å². The van der Waals surface area contributed by atoms with Crippen molar-refractivity contribution in [3.05, 3.63) is 29.8 Å². The van der Waals surface area contributed by atoms with E-state index < -0.39 is 5.91 Å². The molecule has 7 heteroatoms. The van der Waals surface area contributed by atoms with E-state index in [1.54, 1.807) is 24.3 Å². The van der Waals surface area contributed by atoms with Gasteiger partial charge in [-0.05, 0) is 50.4 Å². The maximum Gasteiger partial charge on any atom is 0.255 e. The minimum atomic E-state index is -0.569. The summed E-state index contributed by atoms with van der Waals surface area (Å²) in [7, 11) is 0. The first kappa shape index (κ1) is 19.3. The van der Waals surface area contributed by atoms with Crippen molar-refractivity contribution in [2.45, 2.75) is 19.3 Å². The summed E-state index contributed by atoms with van der Waals surface area (Å²) in [6.07, 6.45) is 3.37. The number of nitrogens with one attached hydrogen (secondary N) is 2. The molecule has 0 aliphatic carbocycles. The van der Waals surface area contributed by atoms with Crippen LogP contribution in [0.15, 0.2) is 24.3 Å². The van der Waals surface area contributed by atoms with Crippen molar-refractivity contribution in [2.24, 2.45) is 11.7 Å². The van der Waals surface area contributed by atoms with Gasteiger partial charge in [0.2, 0.25) is 0 Å². The molecule has 1 aromatic rings. The van der Waals surface area contributed by atoms with Crippen LogP contribution < -0.4 is 21.1 Å². The molecule has 1 saturated heterocycles. The van der Waals surface area contributed by atoms with E-state index in [2.05, 4.69) is 10.6 Å². The second-order valence-electron chi connectivity index (χ2n) is 5.51. The van der Waals surface area contributed by atoms with Gasteiger partial charge >= 0.3 is 0 Å². The van der Waals surface area contributed by atoms with Gasteiger partial charge in [0.05, 0.1) is 5.56 Å². The lowest BCUT2D eigenvalue weighted by atomic mass is 9.96. The summed E-state index contributed by atoms with van der Waals surface area (Å²) >= 11 is 0. The maximum atomic E-state index is 12.2. The summed E-state index contributed by atoms with van der Waals surface area (Å²) in [5.41, 5.74) is 5.48. The lowest BCUT2D eigenvalue weighted by molar-refractivity contribution is -0.119. The highest BCUT2D eigenvalue weighted by molar-refractivity contribution is 5.97. The topological polar surface area (TPSA) is 93.5 Å². The zero-order chi connectivity index (χ0) is 15.8. The third-order valence-corrected chi connectivity index (χ3v) is 3.74. The van der Waals surface area contributed by atoms with Crippen molar-refractivity contribution in [2.75, 3.05) is 26.2 Å². The van der Waals surface area contributed by atoms with Gasteiger partial charge in [0, 0.05) is 6.54 Å². The Morgan fingerprint density at radius 3 is 2.83 bits per heavy atom. The number of carbonyl (C=O) groups is 2. The Morgan fingerprint density at radius 1 is 1.35 bits per heavy atom. The molecule has 1 atom stereocenters. The number of primary amides is 1. The molecule has 1 fully saturated rings. The van der Waals surface area contributed by atoms with Gasteiger partial charge in [-0.2, -0.15) is 0 Å². The third kappa shape index (κ3) is 6.46. The minimum Gasteiger partial charge on any atom is -0.483 e. The molecular formula is C16H24ClN3O3. The quantitative estimate of drug-likeness (QED) is 0.692. The molecule has 6 nitrogen and oxygen atoms in total. The Hall–Kier alpha value is -1.79. The number of para-hydroxylation sites is 1.